The Balaban J connectivity index is 1.55. The highest BCUT2D eigenvalue weighted by Crippen LogP contribution is 2.69. The molecule has 0 aromatic rings. The van der Waals surface area contributed by atoms with Crippen LogP contribution >= 0.6 is 0 Å². The monoisotopic (exact) mass is 193 g/mol. The van der Waals surface area contributed by atoms with Gasteiger partial charge in [0, 0.05) is 5.54 Å². The lowest BCUT2D eigenvalue weighted by Crippen LogP contribution is -2.37. The zero-order valence-corrected chi connectivity index (χ0v) is 9.72. The van der Waals surface area contributed by atoms with E-state index in [0.29, 0.717) is 5.54 Å². The van der Waals surface area contributed by atoms with Crippen LogP contribution < -0.4 is 5.32 Å². The summed E-state index contributed by atoms with van der Waals surface area (Å²) in [4.78, 5) is 0. The number of hydrogen-bond acceptors (Lipinski definition) is 1. The van der Waals surface area contributed by atoms with Crippen molar-refractivity contribution in [2.45, 2.75) is 45.6 Å². The molecule has 3 rings (SSSR count). The Labute approximate surface area is 87.7 Å². The van der Waals surface area contributed by atoms with E-state index >= 15 is 0 Å². The molecule has 0 heterocycles. The van der Waals surface area contributed by atoms with Gasteiger partial charge < -0.3 is 5.32 Å². The first-order chi connectivity index (χ1) is 6.56. The Morgan fingerprint density at radius 1 is 1.07 bits per heavy atom. The highest BCUT2D eigenvalue weighted by atomic mass is 15.0. The van der Waals surface area contributed by atoms with Crippen LogP contribution in [0.2, 0.25) is 0 Å². The maximum absolute atomic E-state index is 3.68. The molecule has 0 radical (unpaired) electrons. The first-order valence-corrected chi connectivity index (χ1v) is 6.31. The van der Waals surface area contributed by atoms with Crippen molar-refractivity contribution in [3.63, 3.8) is 0 Å². The molecule has 4 unspecified atom stereocenters. The molecular formula is C13H23N. The molecule has 3 aliphatic carbocycles. The minimum atomic E-state index is 0.315. The fraction of sp³-hybridized carbons (Fsp3) is 1.00. The van der Waals surface area contributed by atoms with Crippen LogP contribution in [0, 0.1) is 29.6 Å². The second kappa shape index (κ2) is 2.75. The zero-order valence-electron chi connectivity index (χ0n) is 9.72. The molecule has 0 aliphatic heterocycles. The quantitative estimate of drug-likeness (QED) is 0.711. The van der Waals surface area contributed by atoms with Crippen molar-refractivity contribution in [2.75, 3.05) is 6.54 Å². The van der Waals surface area contributed by atoms with E-state index in [1.54, 1.807) is 19.3 Å². The van der Waals surface area contributed by atoms with Gasteiger partial charge in [-0.15, -0.1) is 0 Å². The molecular weight excluding hydrogens is 170 g/mol. The smallest absolute Gasteiger partial charge is 0.00966 e. The molecule has 0 aromatic carbocycles. The minimum Gasteiger partial charge on any atom is -0.312 e. The van der Waals surface area contributed by atoms with E-state index in [9.17, 15) is 0 Å². The molecule has 1 nitrogen and oxygen atoms in total. The van der Waals surface area contributed by atoms with Gasteiger partial charge in [0.25, 0.3) is 0 Å². The molecule has 3 fully saturated rings. The molecule has 80 valence electrons. The Kier molecular flexibility index (Phi) is 1.81. The molecule has 0 saturated heterocycles. The van der Waals surface area contributed by atoms with E-state index in [1.165, 1.54) is 6.54 Å². The third kappa shape index (κ3) is 1.32. The summed E-state index contributed by atoms with van der Waals surface area (Å²) in [6.07, 6.45) is 4.69. The van der Waals surface area contributed by atoms with Crippen molar-refractivity contribution < 1.29 is 0 Å². The largest absolute Gasteiger partial charge is 0.312 e. The Morgan fingerprint density at radius 2 is 1.64 bits per heavy atom. The van der Waals surface area contributed by atoms with Gasteiger partial charge in [-0.2, -0.15) is 0 Å². The second-order valence-electron chi connectivity index (χ2n) is 6.78. The van der Waals surface area contributed by atoms with Crippen molar-refractivity contribution in [3.8, 4) is 0 Å². The molecule has 1 heteroatoms. The summed E-state index contributed by atoms with van der Waals surface area (Å²) in [6.45, 7) is 8.12. The molecule has 0 aromatic heterocycles. The fourth-order valence-corrected chi connectivity index (χ4v) is 4.20. The standard InChI is InChI=1S/C13H23N/c1-13(2,3)14-7-10-11-8-4-5-9(6-8)12(10)11/h8-12,14H,4-7H2,1-3H3. The normalized spacial score (nSPS) is 49.5. The van der Waals surface area contributed by atoms with Crippen molar-refractivity contribution >= 4 is 0 Å². The maximum Gasteiger partial charge on any atom is 0.00966 e. The van der Waals surface area contributed by atoms with Crippen LogP contribution in [0.1, 0.15) is 40.0 Å². The van der Waals surface area contributed by atoms with Gasteiger partial charge in [0.2, 0.25) is 0 Å². The number of hydrogen-bond donors (Lipinski definition) is 1. The maximum atomic E-state index is 3.68. The second-order valence-corrected chi connectivity index (χ2v) is 6.78. The summed E-state index contributed by atoms with van der Waals surface area (Å²) in [5, 5.41) is 3.68. The van der Waals surface area contributed by atoms with Gasteiger partial charge in [0.1, 0.15) is 0 Å². The van der Waals surface area contributed by atoms with Gasteiger partial charge in [-0.25, -0.2) is 0 Å². The van der Waals surface area contributed by atoms with Gasteiger partial charge >= 0.3 is 0 Å². The summed E-state index contributed by atoms with van der Waals surface area (Å²) >= 11 is 0. The molecule has 3 saturated carbocycles. The topological polar surface area (TPSA) is 12.0 Å². The summed E-state index contributed by atoms with van der Waals surface area (Å²) in [5.74, 6) is 5.61. The lowest BCUT2D eigenvalue weighted by atomic mass is 10.0. The molecule has 2 bridgehead atoms. The highest BCUT2D eigenvalue weighted by Gasteiger charge is 2.64. The van der Waals surface area contributed by atoms with Gasteiger partial charge in [-0.1, -0.05) is 0 Å². The van der Waals surface area contributed by atoms with E-state index in [1.807, 2.05) is 0 Å². The third-order valence-corrected chi connectivity index (χ3v) is 4.76. The molecule has 0 amide bonds. The summed E-state index contributed by atoms with van der Waals surface area (Å²) in [6, 6.07) is 0. The van der Waals surface area contributed by atoms with Crippen molar-refractivity contribution in [2.24, 2.45) is 29.6 Å². The number of fused-ring (bicyclic) bond motifs is 5. The SMILES string of the molecule is CC(C)(C)NCC1C2C3CCC(C3)C12. The summed E-state index contributed by atoms with van der Waals surface area (Å²) < 4.78 is 0. The Bertz CT molecular complexity index is 224. The van der Waals surface area contributed by atoms with Crippen LogP contribution in [0.5, 0.6) is 0 Å². The Morgan fingerprint density at radius 3 is 2.14 bits per heavy atom. The van der Waals surface area contributed by atoms with Gasteiger partial charge in [-0.3, -0.25) is 0 Å². The molecule has 4 atom stereocenters. The van der Waals surface area contributed by atoms with Crippen LogP contribution in [0.3, 0.4) is 0 Å². The zero-order chi connectivity index (χ0) is 9.92. The lowest BCUT2D eigenvalue weighted by Gasteiger charge is -2.21. The average molecular weight is 193 g/mol. The summed E-state index contributed by atoms with van der Waals surface area (Å²) in [7, 11) is 0. The number of rotatable bonds is 2. The van der Waals surface area contributed by atoms with Crippen LogP contribution in [0.25, 0.3) is 0 Å². The Hall–Kier alpha value is -0.0400. The van der Waals surface area contributed by atoms with Gasteiger partial charge in [0.05, 0.1) is 0 Å². The van der Waals surface area contributed by atoms with Crippen LogP contribution in [0.4, 0.5) is 0 Å². The van der Waals surface area contributed by atoms with Crippen molar-refractivity contribution in [3.05, 3.63) is 0 Å². The van der Waals surface area contributed by atoms with Crippen molar-refractivity contribution in [1.82, 2.24) is 5.32 Å². The van der Waals surface area contributed by atoms with E-state index in [0.717, 1.165) is 29.6 Å². The van der Waals surface area contributed by atoms with Crippen molar-refractivity contribution in [1.29, 1.82) is 0 Å². The molecule has 3 aliphatic rings. The van der Waals surface area contributed by atoms with Gasteiger partial charge in [-0.05, 0) is 76.2 Å². The van der Waals surface area contributed by atoms with Crippen LogP contribution in [-0.2, 0) is 0 Å². The van der Waals surface area contributed by atoms with Crippen LogP contribution in [-0.4, -0.2) is 12.1 Å². The first-order valence-electron chi connectivity index (χ1n) is 6.31. The predicted octanol–water partition coefficient (Wildman–Crippen LogP) is 2.67. The van der Waals surface area contributed by atoms with E-state index in [4.69, 9.17) is 0 Å². The predicted molar refractivity (Wildman–Crippen MR) is 59.1 cm³/mol. The molecule has 1 N–H and O–H groups in total. The van der Waals surface area contributed by atoms with Crippen LogP contribution in [0.15, 0.2) is 0 Å². The lowest BCUT2D eigenvalue weighted by molar-refractivity contribution is 0.374. The highest BCUT2D eigenvalue weighted by molar-refractivity contribution is 5.13. The van der Waals surface area contributed by atoms with E-state index < -0.39 is 0 Å². The summed E-state index contributed by atoms with van der Waals surface area (Å²) in [5.41, 5.74) is 0.315. The van der Waals surface area contributed by atoms with E-state index in [-0.39, 0.29) is 0 Å². The molecule has 14 heavy (non-hydrogen) atoms. The van der Waals surface area contributed by atoms with E-state index in [2.05, 4.69) is 26.1 Å². The average Bonchev–Trinajstić information content (AvgIpc) is 2.50. The number of nitrogens with one attached hydrogen (secondary N) is 1. The van der Waals surface area contributed by atoms with Gasteiger partial charge in [0.15, 0.2) is 0 Å². The minimum absolute atomic E-state index is 0.315. The third-order valence-electron chi connectivity index (χ3n) is 4.76. The fourth-order valence-electron chi connectivity index (χ4n) is 4.20. The first kappa shape index (κ1) is 9.21. The molecule has 0 spiro atoms.